The molecule has 120 valence electrons. The summed E-state index contributed by atoms with van der Waals surface area (Å²) in [5.74, 6) is 0. The van der Waals surface area contributed by atoms with Gasteiger partial charge in [0.1, 0.15) is 0 Å². The monoisotopic (exact) mass is 331 g/mol. The molecule has 7 heteroatoms. The lowest BCUT2D eigenvalue weighted by Crippen LogP contribution is -2.26. The van der Waals surface area contributed by atoms with Crippen LogP contribution < -0.4 is 10.0 Å². The van der Waals surface area contributed by atoms with Crippen molar-refractivity contribution < 1.29 is 8.42 Å². The molecule has 1 aliphatic carbocycles. The third kappa shape index (κ3) is 5.02. The fourth-order valence-electron chi connectivity index (χ4n) is 2.03. The van der Waals surface area contributed by atoms with Gasteiger partial charge in [0.15, 0.2) is 0 Å². The molecule has 1 atom stereocenters. The molecule has 0 aliphatic heterocycles. The largest absolute Gasteiger partial charge is 0.352 e. The predicted molar refractivity (Wildman–Crippen MR) is 88.1 cm³/mol. The highest BCUT2D eigenvalue weighted by atomic mass is 32.2. The molecule has 2 N–H and O–H groups in total. The fraction of sp³-hybridized carbons (Fsp3) is 0.714. The van der Waals surface area contributed by atoms with Crippen molar-refractivity contribution >= 4 is 21.8 Å². The van der Waals surface area contributed by atoms with Gasteiger partial charge in [-0.2, -0.15) is 11.8 Å². The second-order valence-corrected chi connectivity index (χ2v) is 8.71. The maximum atomic E-state index is 12.3. The summed E-state index contributed by atoms with van der Waals surface area (Å²) in [5, 5.41) is 3.87. The Kier molecular flexibility index (Phi) is 5.76. The molecule has 1 aromatic rings. The number of hydrogen-bond donors (Lipinski definition) is 2. The van der Waals surface area contributed by atoms with Crippen molar-refractivity contribution in [2.75, 3.05) is 12.8 Å². The Morgan fingerprint density at radius 1 is 1.48 bits per heavy atom. The van der Waals surface area contributed by atoms with Gasteiger partial charge in [-0.25, -0.2) is 13.1 Å². The highest BCUT2D eigenvalue weighted by Gasteiger charge is 2.22. The summed E-state index contributed by atoms with van der Waals surface area (Å²) < 4.78 is 29.1. The molecule has 1 aliphatic rings. The Morgan fingerprint density at radius 2 is 2.19 bits per heavy atom. The predicted octanol–water partition coefficient (Wildman–Crippen LogP) is 1.70. The number of sulfonamides is 1. The first-order chi connectivity index (χ1) is 9.92. The highest BCUT2D eigenvalue weighted by Crippen LogP contribution is 2.20. The van der Waals surface area contributed by atoms with Crippen LogP contribution in [0.15, 0.2) is 17.2 Å². The van der Waals surface area contributed by atoms with Crippen LogP contribution in [0.3, 0.4) is 0 Å². The van der Waals surface area contributed by atoms with Crippen molar-refractivity contribution in [3.05, 3.63) is 18.0 Å². The number of nitrogens with zero attached hydrogens (tertiary/aromatic N) is 1. The van der Waals surface area contributed by atoms with E-state index in [9.17, 15) is 8.42 Å². The maximum absolute atomic E-state index is 12.3. The van der Waals surface area contributed by atoms with Gasteiger partial charge < -0.3 is 9.88 Å². The van der Waals surface area contributed by atoms with Crippen molar-refractivity contribution in [2.45, 2.75) is 48.9 Å². The number of thioether (sulfide) groups is 1. The van der Waals surface area contributed by atoms with E-state index in [1.54, 1.807) is 24.0 Å². The molecule has 1 unspecified atom stereocenters. The van der Waals surface area contributed by atoms with Gasteiger partial charge in [-0.05, 0) is 31.6 Å². The van der Waals surface area contributed by atoms with Gasteiger partial charge in [-0.3, -0.25) is 0 Å². The molecule has 5 nitrogen and oxygen atoms in total. The van der Waals surface area contributed by atoms with Gasteiger partial charge >= 0.3 is 0 Å². The highest BCUT2D eigenvalue weighted by molar-refractivity contribution is 7.99. The normalized spacial score (nSPS) is 17.1. The lowest BCUT2D eigenvalue weighted by molar-refractivity contribution is 0.579. The van der Waals surface area contributed by atoms with Crippen molar-refractivity contribution in [1.29, 1.82) is 0 Å². The van der Waals surface area contributed by atoms with E-state index in [0.29, 0.717) is 22.7 Å². The first-order valence-corrected chi connectivity index (χ1v) is 10.1. The molecule has 0 amide bonds. The minimum absolute atomic E-state index is 0.356. The molecule has 0 bridgehead atoms. The van der Waals surface area contributed by atoms with Gasteiger partial charge in [0.2, 0.25) is 10.0 Å². The first kappa shape index (κ1) is 16.9. The molecule has 1 saturated carbocycles. The van der Waals surface area contributed by atoms with E-state index in [4.69, 9.17) is 0 Å². The molecular weight excluding hydrogens is 306 g/mol. The summed E-state index contributed by atoms with van der Waals surface area (Å²) in [6.07, 6.45) is 7.01. The Hall–Kier alpha value is -0.500. The molecule has 1 aromatic heterocycles. The van der Waals surface area contributed by atoms with Gasteiger partial charge in [0.25, 0.3) is 0 Å². The van der Waals surface area contributed by atoms with Gasteiger partial charge in [-0.15, -0.1) is 0 Å². The number of rotatable bonds is 9. The number of aromatic nitrogens is 1. The second-order valence-electron chi connectivity index (χ2n) is 5.67. The molecule has 21 heavy (non-hydrogen) atoms. The zero-order chi connectivity index (χ0) is 15.5. The molecular formula is C14H25N3O2S2. The summed E-state index contributed by atoms with van der Waals surface area (Å²) in [4.78, 5) is 0.356. The van der Waals surface area contributed by atoms with Crippen LogP contribution in [-0.2, 0) is 23.6 Å². The van der Waals surface area contributed by atoms with Crippen LogP contribution >= 0.6 is 11.8 Å². The smallest absolute Gasteiger partial charge is 0.242 e. The van der Waals surface area contributed by atoms with Crippen molar-refractivity contribution in [3.63, 3.8) is 0 Å². The van der Waals surface area contributed by atoms with Crippen molar-refractivity contribution in [1.82, 2.24) is 14.6 Å². The van der Waals surface area contributed by atoms with Crippen LogP contribution in [0.2, 0.25) is 0 Å². The Bertz CT molecular complexity index is 565. The van der Waals surface area contributed by atoms with Crippen LogP contribution in [-0.4, -0.2) is 37.1 Å². The summed E-state index contributed by atoms with van der Waals surface area (Å²) in [5.41, 5.74) is 1.000. The lowest BCUT2D eigenvalue weighted by atomic mass is 10.3. The zero-order valence-corrected chi connectivity index (χ0v) is 14.6. The third-order valence-electron chi connectivity index (χ3n) is 3.79. The molecule has 1 heterocycles. The van der Waals surface area contributed by atoms with E-state index in [2.05, 4.69) is 17.0 Å². The number of aryl methyl sites for hydroxylation is 1. The van der Waals surface area contributed by atoms with E-state index in [0.717, 1.165) is 18.7 Å². The standard InChI is InChI=1S/C14H25N3O2S2/c1-11(20-3)6-7-16-21(18,19)14-8-13(17(2)10-14)9-15-12-4-5-12/h8,10-12,15-16H,4-7,9H2,1-3H3. The van der Waals surface area contributed by atoms with Crippen LogP contribution in [0.4, 0.5) is 0 Å². The quantitative estimate of drug-likeness (QED) is 0.723. The van der Waals surface area contributed by atoms with Crippen LogP contribution in [0.1, 0.15) is 31.9 Å². The van der Waals surface area contributed by atoms with Crippen LogP contribution in [0.5, 0.6) is 0 Å². The number of nitrogens with one attached hydrogen (secondary N) is 2. The number of hydrogen-bond acceptors (Lipinski definition) is 4. The summed E-state index contributed by atoms with van der Waals surface area (Å²) in [7, 11) is -1.51. The van der Waals surface area contributed by atoms with E-state index >= 15 is 0 Å². The van der Waals surface area contributed by atoms with Crippen LogP contribution in [0, 0.1) is 0 Å². The lowest BCUT2D eigenvalue weighted by Gasteiger charge is -2.08. The fourth-order valence-corrected chi connectivity index (χ4v) is 3.53. The van der Waals surface area contributed by atoms with Gasteiger partial charge in [0, 0.05) is 43.3 Å². The van der Waals surface area contributed by atoms with Crippen LogP contribution in [0.25, 0.3) is 0 Å². The van der Waals surface area contributed by atoms with E-state index < -0.39 is 10.0 Å². The Labute approximate surface area is 131 Å². The van der Waals surface area contributed by atoms with E-state index in [1.807, 2.05) is 17.9 Å². The zero-order valence-electron chi connectivity index (χ0n) is 12.9. The topological polar surface area (TPSA) is 63.1 Å². The molecule has 0 radical (unpaired) electrons. The molecule has 0 aromatic carbocycles. The molecule has 2 rings (SSSR count). The Morgan fingerprint density at radius 3 is 2.81 bits per heavy atom. The van der Waals surface area contributed by atoms with Crippen molar-refractivity contribution in [2.24, 2.45) is 7.05 Å². The molecule has 1 fully saturated rings. The average molecular weight is 332 g/mol. The second kappa shape index (κ2) is 7.17. The molecule has 0 saturated heterocycles. The van der Waals surface area contributed by atoms with Crippen molar-refractivity contribution in [3.8, 4) is 0 Å². The SMILES string of the molecule is CSC(C)CCNS(=O)(=O)c1cc(CNC2CC2)n(C)c1. The average Bonchev–Trinajstić information content (AvgIpc) is 3.18. The van der Waals surface area contributed by atoms with E-state index in [-0.39, 0.29) is 0 Å². The summed E-state index contributed by atoms with van der Waals surface area (Å²) >= 11 is 1.75. The maximum Gasteiger partial charge on any atom is 0.242 e. The first-order valence-electron chi connectivity index (χ1n) is 7.33. The van der Waals surface area contributed by atoms with E-state index in [1.165, 1.54) is 12.8 Å². The Balaban J connectivity index is 1.93. The van der Waals surface area contributed by atoms with Gasteiger partial charge in [-0.1, -0.05) is 6.92 Å². The summed E-state index contributed by atoms with van der Waals surface area (Å²) in [6, 6.07) is 2.38. The summed E-state index contributed by atoms with van der Waals surface area (Å²) in [6.45, 7) is 3.30. The molecule has 0 spiro atoms. The minimum atomic E-state index is -3.40. The third-order valence-corrected chi connectivity index (χ3v) is 6.26. The minimum Gasteiger partial charge on any atom is -0.352 e. The van der Waals surface area contributed by atoms with Gasteiger partial charge in [0.05, 0.1) is 4.90 Å².